The molecule has 25 heavy (non-hydrogen) atoms. The van der Waals surface area contributed by atoms with Crippen molar-refractivity contribution in [2.45, 2.75) is 18.8 Å². The molecule has 9 heteroatoms. The first-order chi connectivity index (χ1) is 11.8. The molecule has 0 bridgehead atoms. The second kappa shape index (κ2) is 7.45. The summed E-state index contributed by atoms with van der Waals surface area (Å²) in [5, 5.41) is 0. The van der Waals surface area contributed by atoms with Crippen LogP contribution in [-0.2, 0) is 9.53 Å². The lowest BCUT2D eigenvalue weighted by molar-refractivity contribution is -0.275. The van der Waals surface area contributed by atoms with Crippen LogP contribution in [0, 0.1) is 0 Å². The minimum atomic E-state index is -4.95. The number of carbonyl (C=O) groups is 2. The molecule has 1 aliphatic rings. The van der Waals surface area contributed by atoms with Crippen LogP contribution in [0.3, 0.4) is 0 Å². The second-order valence-electron chi connectivity index (χ2n) is 5.14. The summed E-state index contributed by atoms with van der Waals surface area (Å²) < 4.78 is 51.3. The third kappa shape index (κ3) is 4.43. The molecule has 0 aliphatic carbocycles. The van der Waals surface area contributed by atoms with Gasteiger partial charge in [-0.15, -0.1) is 13.2 Å². The van der Waals surface area contributed by atoms with E-state index in [0.717, 1.165) is 6.07 Å². The predicted molar refractivity (Wildman–Crippen MR) is 80.3 cm³/mol. The van der Waals surface area contributed by atoms with Gasteiger partial charge >= 0.3 is 12.3 Å². The van der Waals surface area contributed by atoms with Gasteiger partial charge in [-0.3, -0.25) is 4.79 Å². The number of hydrogen-bond acceptors (Lipinski definition) is 5. The van der Waals surface area contributed by atoms with E-state index in [0.29, 0.717) is 13.0 Å². The van der Waals surface area contributed by atoms with Gasteiger partial charge in [0.15, 0.2) is 11.5 Å². The standard InChI is InChI=1S/C16H16F3NO5/c1-3-8-24-12-5-4-10(9-13(12)25-16(17,18)19)14(21)20-7-6-11(20)15(22)23-2/h3-5,9,11H,1,6-8H2,2H3. The van der Waals surface area contributed by atoms with Crippen molar-refractivity contribution in [1.82, 2.24) is 4.90 Å². The van der Waals surface area contributed by atoms with Crippen LogP contribution in [0.25, 0.3) is 0 Å². The molecule has 1 fully saturated rings. The van der Waals surface area contributed by atoms with E-state index in [9.17, 15) is 22.8 Å². The Bertz CT molecular complexity index is 674. The maximum Gasteiger partial charge on any atom is 0.573 e. The molecule has 6 nitrogen and oxygen atoms in total. The highest BCUT2D eigenvalue weighted by atomic mass is 19.4. The lowest BCUT2D eigenvalue weighted by Gasteiger charge is -2.38. The Labute approximate surface area is 141 Å². The Balaban J connectivity index is 2.26. The van der Waals surface area contributed by atoms with E-state index in [1.165, 1.54) is 30.2 Å². The van der Waals surface area contributed by atoms with Gasteiger partial charge < -0.3 is 19.1 Å². The Morgan fingerprint density at radius 3 is 2.60 bits per heavy atom. The number of amides is 1. The van der Waals surface area contributed by atoms with Gasteiger partial charge in [0.25, 0.3) is 5.91 Å². The minimum absolute atomic E-state index is 0.0297. The molecule has 0 spiro atoms. The molecule has 1 unspecified atom stereocenters. The Morgan fingerprint density at radius 1 is 1.36 bits per heavy atom. The van der Waals surface area contributed by atoms with Crippen molar-refractivity contribution in [3.63, 3.8) is 0 Å². The Kier molecular flexibility index (Phi) is 5.55. The van der Waals surface area contributed by atoms with Crippen LogP contribution in [0.2, 0.25) is 0 Å². The highest BCUT2D eigenvalue weighted by Crippen LogP contribution is 2.34. The molecule has 0 saturated carbocycles. The maximum atomic E-state index is 12.6. The van der Waals surface area contributed by atoms with Crippen molar-refractivity contribution < 1.29 is 37.0 Å². The number of hydrogen-bond donors (Lipinski definition) is 0. The fourth-order valence-corrected chi connectivity index (χ4v) is 2.29. The number of alkyl halides is 3. The molecular weight excluding hydrogens is 343 g/mol. The number of esters is 1. The van der Waals surface area contributed by atoms with Gasteiger partial charge in [0, 0.05) is 12.1 Å². The van der Waals surface area contributed by atoms with Crippen molar-refractivity contribution in [2.24, 2.45) is 0 Å². The minimum Gasteiger partial charge on any atom is -0.486 e. The number of halogens is 3. The average molecular weight is 359 g/mol. The van der Waals surface area contributed by atoms with Crippen LogP contribution in [0.1, 0.15) is 16.8 Å². The topological polar surface area (TPSA) is 65.1 Å². The van der Waals surface area contributed by atoms with Crippen LogP contribution in [0.5, 0.6) is 11.5 Å². The normalized spacial score (nSPS) is 16.6. The molecule has 1 amide bonds. The first-order valence-electron chi connectivity index (χ1n) is 7.29. The van der Waals surface area contributed by atoms with Crippen LogP contribution in [0.4, 0.5) is 13.2 Å². The number of ether oxygens (including phenoxy) is 3. The van der Waals surface area contributed by atoms with Gasteiger partial charge in [0.2, 0.25) is 0 Å². The van der Waals surface area contributed by atoms with Gasteiger partial charge in [-0.25, -0.2) is 4.79 Å². The summed E-state index contributed by atoms with van der Waals surface area (Å²) in [4.78, 5) is 25.2. The summed E-state index contributed by atoms with van der Waals surface area (Å²) in [6, 6.07) is 2.70. The monoisotopic (exact) mass is 359 g/mol. The van der Waals surface area contributed by atoms with Crippen LogP contribution in [-0.4, -0.2) is 49.4 Å². The van der Waals surface area contributed by atoms with Crippen molar-refractivity contribution in [3.8, 4) is 11.5 Å². The number of benzene rings is 1. The van der Waals surface area contributed by atoms with Crippen LogP contribution >= 0.6 is 0 Å². The molecule has 136 valence electrons. The molecular formula is C16H16F3NO5. The van der Waals surface area contributed by atoms with Gasteiger partial charge in [0.1, 0.15) is 12.6 Å². The van der Waals surface area contributed by atoms with Crippen LogP contribution in [0.15, 0.2) is 30.9 Å². The predicted octanol–water partition coefficient (Wildman–Crippen LogP) is 2.54. The van der Waals surface area contributed by atoms with Gasteiger partial charge in [-0.1, -0.05) is 12.7 Å². The fraction of sp³-hybridized carbons (Fsp3) is 0.375. The smallest absolute Gasteiger partial charge is 0.486 e. The highest BCUT2D eigenvalue weighted by molar-refractivity contribution is 5.98. The van der Waals surface area contributed by atoms with E-state index in [4.69, 9.17) is 4.74 Å². The highest BCUT2D eigenvalue weighted by Gasteiger charge is 2.39. The molecule has 1 aromatic rings. The van der Waals surface area contributed by atoms with E-state index in [1.54, 1.807) is 0 Å². The Hall–Kier alpha value is -2.71. The summed E-state index contributed by atoms with van der Waals surface area (Å²) in [5.41, 5.74) is -0.0567. The molecule has 1 heterocycles. The molecule has 1 atom stereocenters. The van der Waals surface area contributed by atoms with E-state index < -0.39 is 30.0 Å². The molecule has 1 aliphatic heterocycles. The van der Waals surface area contributed by atoms with Gasteiger partial charge in [-0.05, 0) is 24.6 Å². The lowest BCUT2D eigenvalue weighted by Crippen LogP contribution is -2.55. The molecule has 0 radical (unpaired) electrons. The van der Waals surface area contributed by atoms with Gasteiger partial charge in [-0.2, -0.15) is 0 Å². The number of likely N-dealkylation sites (tertiary alicyclic amines) is 1. The summed E-state index contributed by atoms with van der Waals surface area (Å²) in [6.07, 6.45) is -3.15. The second-order valence-corrected chi connectivity index (χ2v) is 5.14. The lowest BCUT2D eigenvalue weighted by atomic mass is 10.0. The van der Waals surface area contributed by atoms with E-state index in [1.807, 2.05) is 0 Å². The van der Waals surface area contributed by atoms with E-state index >= 15 is 0 Å². The van der Waals surface area contributed by atoms with Crippen molar-refractivity contribution in [3.05, 3.63) is 36.4 Å². The fourth-order valence-electron chi connectivity index (χ4n) is 2.29. The zero-order valence-corrected chi connectivity index (χ0v) is 13.3. The Morgan fingerprint density at radius 2 is 2.08 bits per heavy atom. The third-order valence-electron chi connectivity index (χ3n) is 3.53. The van der Waals surface area contributed by atoms with Crippen molar-refractivity contribution in [1.29, 1.82) is 0 Å². The molecule has 0 N–H and O–H groups in total. The summed E-state index contributed by atoms with van der Waals surface area (Å²) >= 11 is 0. The zero-order valence-electron chi connectivity index (χ0n) is 13.3. The van der Waals surface area contributed by atoms with Crippen molar-refractivity contribution in [2.75, 3.05) is 20.3 Å². The maximum absolute atomic E-state index is 12.6. The largest absolute Gasteiger partial charge is 0.573 e. The molecule has 0 aromatic heterocycles. The van der Waals surface area contributed by atoms with Crippen molar-refractivity contribution >= 4 is 11.9 Å². The SMILES string of the molecule is C=CCOc1ccc(C(=O)N2CCC2C(=O)OC)cc1OC(F)(F)F. The molecule has 1 aromatic carbocycles. The first-order valence-corrected chi connectivity index (χ1v) is 7.29. The summed E-state index contributed by atoms with van der Waals surface area (Å²) in [6.45, 7) is 3.69. The molecule has 1 saturated heterocycles. The number of rotatable bonds is 6. The summed E-state index contributed by atoms with van der Waals surface area (Å²) in [5.74, 6) is -1.99. The summed E-state index contributed by atoms with van der Waals surface area (Å²) in [7, 11) is 1.20. The number of carbonyl (C=O) groups excluding carboxylic acids is 2. The molecule has 2 rings (SSSR count). The number of methoxy groups -OCH3 is 1. The van der Waals surface area contributed by atoms with Gasteiger partial charge in [0.05, 0.1) is 7.11 Å². The number of nitrogens with zero attached hydrogens (tertiary/aromatic N) is 1. The quantitative estimate of drug-likeness (QED) is 0.577. The van der Waals surface area contributed by atoms with Crippen LogP contribution < -0.4 is 9.47 Å². The van der Waals surface area contributed by atoms with E-state index in [2.05, 4.69) is 16.1 Å². The van der Waals surface area contributed by atoms with E-state index in [-0.39, 0.29) is 17.9 Å². The third-order valence-corrected chi connectivity index (χ3v) is 3.53. The average Bonchev–Trinajstić information content (AvgIpc) is 2.50. The zero-order chi connectivity index (χ0) is 18.6. The first kappa shape index (κ1) is 18.6.